The zero-order chi connectivity index (χ0) is 15.5. The first-order chi connectivity index (χ1) is 10.1. The van der Waals surface area contributed by atoms with Crippen molar-refractivity contribution in [2.75, 3.05) is 19.8 Å². The first kappa shape index (κ1) is 17.6. The summed E-state index contributed by atoms with van der Waals surface area (Å²) in [7, 11) is 0. The van der Waals surface area contributed by atoms with Gasteiger partial charge < -0.3 is 15.2 Å². The molecule has 1 heterocycles. The summed E-state index contributed by atoms with van der Waals surface area (Å²) in [5, 5.41) is 11.3. The van der Waals surface area contributed by atoms with E-state index >= 15 is 0 Å². The average Bonchev–Trinajstić information content (AvgIpc) is 2.89. The van der Waals surface area contributed by atoms with Gasteiger partial charge in [0.15, 0.2) is 0 Å². The van der Waals surface area contributed by atoms with Gasteiger partial charge in [-0.25, -0.2) is 8.78 Å². The standard InChI is InChI=1S/C14H17F2NO3S/c15-13(16)10-20-8-6-14(19)17-9-12-5-4-11(21-12)3-1-2-7-18/h4-5,13,18H,2,6-10H2,(H,17,19). The van der Waals surface area contributed by atoms with E-state index in [0.717, 1.165) is 9.75 Å². The third-order valence-electron chi connectivity index (χ3n) is 2.29. The molecular weight excluding hydrogens is 300 g/mol. The van der Waals surface area contributed by atoms with Gasteiger partial charge in [-0.2, -0.15) is 0 Å². The Kier molecular flexibility index (Phi) is 8.59. The van der Waals surface area contributed by atoms with Gasteiger partial charge in [-0.05, 0) is 12.1 Å². The fraction of sp³-hybridized carbons (Fsp3) is 0.500. The van der Waals surface area contributed by atoms with Gasteiger partial charge in [0.2, 0.25) is 5.91 Å². The van der Waals surface area contributed by atoms with Crippen LogP contribution in [0.4, 0.5) is 8.78 Å². The van der Waals surface area contributed by atoms with Crippen LogP contribution >= 0.6 is 11.3 Å². The third-order valence-corrected chi connectivity index (χ3v) is 3.29. The molecular formula is C14H17F2NO3S. The SMILES string of the molecule is O=C(CCOCC(F)F)NCc1ccc(C#CCCO)s1. The molecule has 7 heteroatoms. The molecule has 1 amide bonds. The van der Waals surface area contributed by atoms with Gasteiger partial charge in [0.25, 0.3) is 6.43 Å². The second kappa shape index (κ2) is 10.3. The summed E-state index contributed by atoms with van der Waals surface area (Å²) in [5.74, 6) is 5.48. The molecule has 0 atom stereocenters. The number of ether oxygens (including phenoxy) is 1. The number of hydrogen-bond donors (Lipinski definition) is 2. The number of aliphatic hydroxyl groups excluding tert-OH is 1. The molecule has 2 N–H and O–H groups in total. The van der Waals surface area contributed by atoms with E-state index in [0.29, 0.717) is 13.0 Å². The van der Waals surface area contributed by atoms with Crippen molar-refractivity contribution in [3.8, 4) is 11.8 Å². The largest absolute Gasteiger partial charge is 0.395 e. The lowest BCUT2D eigenvalue weighted by Crippen LogP contribution is -2.23. The number of carbonyl (C=O) groups excluding carboxylic acids is 1. The summed E-state index contributed by atoms with van der Waals surface area (Å²) in [6.45, 7) is -0.248. The molecule has 1 rings (SSSR count). The van der Waals surface area contributed by atoms with Crippen LogP contribution in [0.5, 0.6) is 0 Å². The highest BCUT2D eigenvalue weighted by Gasteiger charge is 2.05. The smallest absolute Gasteiger partial charge is 0.261 e. The van der Waals surface area contributed by atoms with E-state index in [-0.39, 0.29) is 25.5 Å². The van der Waals surface area contributed by atoms with Gasteiger partial charge in [-0.3, -0.25) is 4.79 Å². The highest BCUT2D eigenvalue weighted by Crippen LogP contribution is 2.15. The van der Waals surface area contributed by atoms with Crippen LogP contribution in [0.25, 0.3) is 0 Å². The predicted octanol–water partition coefficient (Wildman–Crippen LogP) is 1.77. The van der Waals surface area contributed by atoms with E-state index in [1.807, 2.05) is 12.1 Å². The highest BCUT2D eigenvalue weighted by molar-refractivity contribution is 7.12. The lowest BCUT2D eigenvalue weighted by Gasteiger charge is -2.04. The maximum Gasteiger partial charge on any atom is 0.261 e. The zero-order valence-corrected chi connectivity index (χ0v) is 12.2. The monoisotopic (exact) mass is 317 g/mol. The minimum absolute atomic E-state index is 0.0154. The van der Waals surface area contributed by atoms with Crippen molar-refractivity contribution < 1.29 is 23.4 Å². The van der Waals surface area contributed by atoms with Crippen molar-refractivity contribution in [2.24, 2.45) is 0 Å². The molecule has 116 valence electrons. The number of hydrogen-bond acceptors (Lipinski definition) is 4. The second-order valence-electron chi connectivity index (χ2n) is 4.03. The fourth-order valence-corrected chi connectivity index (χ4v) is 2.18. The number of aliphatic hydroxyl groups is 1. The normalized spacial score (nSPS) is 10.3. The molecule has 0 fully saturated rings. The Hall–Kier alpha value is -1.49. The van der Waals surface area contributed by atoms with Gasteiger partial charge in [0, 0.05) is 17.7 Å². The predicted molar refractivity (Wildman–Crippen MR) is 76.2 cm³/mol. The molecule has 0 aliphatic carbocycles. The lowest BCUT2D eigenvalue weighted by molar-refractivity contribution is -0.122. The maximum absolute atomic E-state index is 11.8. The molecule has 4 nitrogen and oxygen atoms in total. The number of nitrogens with one attached hydrogen (secondary N) is 1. The summed E-state index contributed by atoms with van der Waals surface area (Å²) in [6.07, 6.45) is -2.02. The molecule has 0 saturated heterocycles. The number of carbonyl (C=O) groups is 1. The van der Waals surface area contributed by atoms with Gasteiger partial charge in [0.05, 0.1) is 24.6 Å². The minimum atomic E-state index is -2.51. The summed E-state index contributed by atoms with van der Waals surface area (Å²) >= 11 is 1.46. The molecule has 1 aromatic heterocycles. The molecule has 0 bridgehead atoms. The van der Waals surface area contributed by atoms with Crippen LogP contribution in [-0.2, 0) is 16.1 Å². The molecule has 0 radical (unpaired) electrons. The molecule has 0 aliphatic rings. The van der Waals surface area contributed by atoms with E-state index in [4.69, 9.17) is 5.11 Å². The zero-order valence-electron chi connectivity index (χ0n) is 11.4. The second-order valence-corrected chi connectivity index (χ2v) is 5.20. The first-order valence-electron chi connectivity index (χ1n) is 6.43. The maximum atomic E-state index is 11.8. The Morgan fingerprint density at radius 3 is 3.00 bits per heavy atom. The van der Waals surface area contributed by atoms with Crippen molar-refractivity contribution in [1.29, 1.82) is 0 Å². The summed E-state index contributed by atoms with van der Waals surface area (Å²) in [4.78, 5) is 13.3. The Morgan fingerprint density at radius 1 is 1.48 bits per heavy atom. The Labute approximate surface area is 126 Å². The van der Waals surface area contributed by atoms with Gasteiger partial charge in [0.1, 0.15) is 6.61 Å². The van der Waals surface area contributed by atoms with Crippen LogP contribution in [0.3, 0.4) is 0 Å². The summed E-state index contributed by atoms with van der Waals surface area (Å²) in [5.41, 5.74) is 0. The summed E-state index contributed by atoms with van der Waals surface area (Å²) in [6, 6.07) is 3.71. The quantitative estimate of drug-likeness (QED) is 0.567. The third kappa shape index (κ3) is 8.40. The Balaban J connectivity index is 2.23. The van der Waals surface area contributed by atoms with Crippen molar-refractivity contribution in [3.05, 3.63) is 21.9 Å². The number of amides is 1. The van der Waals surface area contributed by atoms with Gasteiger partial charge in [-0.1, -0.05) is 11.8 Å². The van der Waals surface area contributed by atoms with Crippen LogP contribution in [-0.4, -0.2) is 37.3 Å². The molecule has 0 spiro atoms. The Bertz CT molecular complexity index is 494. The Morgan fingerprint density at radius 2 is 2.29 bits per heavy atom. The van der Waals surface area contributed by atoms with Crippen LogP contribution < -0.4 is 5.32 Å². The topological polar surface area (TPSA) is 58.6 Å². The molecule has 1 aromatic rings. The minimum Gasteiger partial charge on any atom is -0.395 e. The summed E-state index contributed by atoms with van der Waals surface area (Å²) < 4.78 is 28.2. The van der Waals surface area contributed by atoms with E-state index in [1.54, 1.807) is 0 Å². The van der Waals surface area contributed by atoms with Crippen LogP contribution in [0.15, 0.2) is 12.1 Å². The van der Waals surface area contributed by atoms with Crippen LogP contribution in [0, 0.1) is 11.8 Å². The molecule has 21 heavy (non-hydrogen) atoms. The fourth-order valence-electron chi connectivity index (χ4n) is 1.36. The lowest BCUT2D eigenvalue weighted by atomic mass is 10.3. The number of thiophene rings is 1. The highest BCUT2D eigenvalue weighted by atomic mass is 32.1. The number of halogens is 2. The molecule has 0 aliphatic heterocycles. The van der Waals surface area contributed by atoms with Crippen LogP contribution in [0.1, 0.15) is 22.6 Å². The molecule has 0 aromatic carbocycles. The van der Waals surface area contributed by atoms with E-state index in [1.165, 1.54) is 11.3 Å². The van der Waals surface area contributed by atoms with Gasteiger partial charge >= 0.3 is 0 Å². The van der Waals surface area contributed by atoms with Crippen molar-refractivity contribution in [2.45, 2.75) is 25.8 Å². The van der Waals surface area contributed by atoms with Crippen molar-refractivity contribution in [3.63, 3.8) is 0 Å². The van der Waals surface area contributed by atoms with Crippen molar-refractivity contribution >= 4 is 17.2 Å². The number of rotatable bonds is 8. The molecule has 0 unspecified atom stereocenters. The van der Waals surface area contributed by atoms with Crippen molar-refractivity contribution in [1.82, 2.24) is 5.32 Å². The number of alkyl halides is 2. The molecule has 0 saturated carbocycles. The van der Waals surface area contributed by atoms with E-state index in [9.17, 15) is 13.6 Å². The first-order valence-corrected chi connectivity index (χ1v) is 7.24. The van der Waals surface area contributed by atoms with Crippen LogP contribution in [0.2, 0.25) is 0 Å². The van der Waals surface area contributed by atoms with Gasteiger partial charge in [-0.15, -0.1) is 11.3 Å². The van der Waals surface area contributed by atoms with E-state index in [2.05, 4.69) is 21.9 Å². The van der Waals surface area contributed by atoms with E-state index < -0.39 is 13.0 Å². The average molecular weight is 317 g/mol.